The van der Waals surface area contributed by atoms with Crippen LogP contribution >= 0.6 is 0 Å². The quantitative estimate of drug-likeness (QED) is 0.874. The molecule has 1 fully saturated rings. The lowest BCUT2D eigenvalue weighted by molar-refractivity contribution is -0.149. The van der Waals surface area contributed by atoms with Gasteiger partial charge < -0.3 is 9.63 Å². The highest BCUT2D eigenvalue weighted by Gasteiger charge is 2.43. The third-order valence-electron chi connectivity index (χ3n) is 3.68. The molecule has 1 atom stereocenters. The van der Waals surface area contributed by atoms with Gasteiger partial charge in [0.2, 0.25) is 5.89 Å². The summed E-state index contributed by atoms with van der Waals surface area (Å²) in [6.07, 6.45) is 2.32. The molecule has 6 heteroatoms. The highest BCUT2D eigenvalue weighted by molar-refractivity contribution is 5.78. The molecule has 2 heterocycles. The van der Waals surface area contributed by atoms with E-state index in [2.05, 4.69) is 24.0 Å². The van der Waals surface area contributed by atoms with Gasteiger partial charge in [-0.1, -0.05) is 19.0 Å². The Bertz CT molecular complexity index is 458. The van der Waals surface area contributed by atoms with Crippen molar-refractivity contribution in [1.82, 2.24) is 15.0 Å². The van der Waals surface area contributed by atoms with E-state index in [0.29, 0.717) is 30.6 Å². The van der Waals surface area contributed by atoms with Crippen LogP contribution in [0, 0.1) is 5.92 Å². The molecule has 1 aromatic rings. The van der Waals surface area contributed by atoms with Crippen molar-refractivity contribution in [3.05, 3.63) is 11.7 Å². The van der Waals surface area contributed by atoms with Crippen molar-refractivity contribution < 1.29 is 14.4 Å². The van der Waals surface area contributed by atoms with E-state index in [-0.39, 0.29) is 0 Å². The van der Waals surface area contributed by atoms with E-state index in [9.17, 15) is 9.90 Å². The second kappa shape index (κ2) is 5.28. The zero-order valence-electron chi connectivity index (χ0n) is 11.7. The van der Waals surface area contributed by atoms with Crippen molar-refractivity contribution in [2.24, 2.45) is 5.92 Å². The third-order valence-corrected chi connectivity index (χ3v) is 3.68. The molecule has 1 unspecified atom stereocenters. The first kappa shape index (κ1) is 14.0. The van der Waals surface area contributed by atoms with Gasteiger partial charge in [-0.05, 0) is 32.2 Å². The number of carboxylic acid groups (broad SMARTS) is 1. The minimum atomic E-state index is -0.813. The van der Waals surface area contributed by atoms with E-state index in [0.717, 1.165) is 19.4 Å². The van der Waals surface area contributed by atoms with E-state index in [1.165, 1.54) is 0 Å². The van der Waals surface area contributed by atoms with Gasteiger partial charge >= 0.3 is 5.97 Å². The second-order valence-electron chi connectivity index (χ2n) is 5.81. The Morgan fingerprint density at radius 1 is 1.58 bits per heavy atom. The summed E-state index contributed by atoms with van der Waals surface area (Å²) in [5.74, 6) is 0.889. The summed E-state index contributed by atoms with van der Waals surface area (Å²) in [6.45, 7) is 7.11. The van der Waals surface area contributed by atoms with Crippen molar-refractivity contribution >= 4 is 5.97 Å². The first-order chi connectivity index (χ1) is 8.91. The van der Waals surface area contributed by atoms with Gasteiger partial charge in [0.15, 0.2) is 5.82 Å². The zero-order valence-corrected chi connectivity index (χ0v) is 11.7. The smallest absolute Gasteiger partial charge is 0.323 e. The SMILES string of the molecule is CC(C)Cc1noc(CN2CCCC2(C)C(=O)O)n1. The molecule has 1 aromatic heterocycles. The molecular formula is C13H21N3O3. The summed E-state index contributed by atoms with van der Waals surface area (Å²) >= 11 is 0. The maximum absolute atomic E-state index is 11.4. The minimum Gasteiger partial charge on any atom is -0.480 e. The van der Waals surface area contributed by atoms with Crippen LogP contribution in [0.3, 0.4) is 0 Å². The molecule has 1 N–H and O–H groups in total. The van der Waals surface area contributed by atoms with Crippen LogP contribution < -0.4 is 0 Å². The van der Waals surface area contributed by atoms with Crippen LogP contribution in [0.25, 0.3) is 0 Å². The first-order valence-electron chi connectivity index (χ1n) is 6.71. The molecular weight excluding hydrogens is 246 g/mol. The summed E-state index contributed by atoms with van der Waals surface area (Å²) < 4.78 is 5.20. The van der Waals surface area contributed by atoms with Crippen molar-refractivity contribution in [1.29, 1.82) is 0 Å². The van der Waals surface area contributed by atoms with Gasteiger partial charge in [-0.2, -0.15) is 4.98 Å². The van der Waals surface area contributed by atoms with Gasteiger partial charge in [-0.3, -0.25) is 9.69 Å². The highest BCUT2D eigenvalue weighted by Crippen LogP contribution is 2.30. The van der Waals surface area contributed by atoms with Crippen molar-refractivity contribution in [2.75, 3.05) is 6.54 Å². The Hall–Kier alpha value is -1.43. The fraction of sp³-hybridized carbons (Fsp3) is 0.769. The summed E-state index contributed by atoms with van der Waals surface area (Å²) in [6, 6.07) is 0. The normalized spacial score (nSPS) is 24.2. The maximum atomic E-state index is 11.4. The van der Waals surface area contributed by atoms with Gasteiger partial charge in [-0.15, -0.1) is 0 Å². The largest absolute Gasteiger partial charge is 0.480 e. The molecule has 0 bridgehead atoms. The second-order valence-corrected chi connectivity index (χ2v) is 5.81. The van der Waals surface area contributed by atoms with E-state index in [1.54, 1.807) is 6.92 Å². The molecule has 1 saturated heterocycles. The average molecular weight is 267 g/mol. The predicted octanol–water partition coefficient (Wildman–Crippen LogP) is 1.71. The third kappa shape index (κ3) is 2.94. The molecule has 106 valence electrons. The summed E-state index contributed by atoms with van der Waals surface area (Å²) in [5.41, 5.74) is -0.813. The summed E-state index contributed by atoms with van der Waals surface area (Å²) in [7, 11) is 0. The van der Waals surface area contributed by atoms with Crippen LogP contribution in [0.15, 0.2) is 4.52 Å². The van der Waals surface area contributed by atoms with Gasteiger partial charge in [0.25, 0.3) is 0 Å². The molecule has 0 amide bonds. The maximum Gasteiger partial charge on any atom is 0.323 e. The van der Waals surface area contributed by atoms with Gasteiger partial charge in [0.1, 0.15) is 5.54 Å². The first-order valence-corrected chi connectivity index (χ1v) is 6.71. The van der Waals surface area contributed by atoms with Crippen molar-refractivity contribution in [3.8, 4) is 0 Å². The van der Waals surface area contributed by atoms with E-state index >= 15 is 0 Å². The van der Waals surface area contributed by atoms with Gasteiger partial charge in [0, 0.05) is 6.42 Å². The monoisotopic (exact) mass is 267 g/mol. The van der Waals surface area contributed by atoms with Crippen LogP contribution in [0.4, 0.5) is 0 Å². The number of carboxylic acids is 1. The molecule has 0 saturated carbocycles. The lowest BCUT2D eigenvalue weighted by Crippen LogP contribution is -2.47. The number of rotatable bonds is 5. The Morgan fingerprint density at radius 2 is 2.32 bits per heavy atom. The Morgan fingerprint density at radius 3 is 2.95 bits per heavy atom. The number of aliphatic carboxylic acids is 1. The van der Waals surface area contributed by atoms with Crippen LogP contribution in [0.1, 0.15) is 45.3 Å². The number of hydrogen-bond donors (Lipinski definition) is 1. The summed E-state index contributed by atoms with van der Waals surface area (Å²) in [5, 5.41) is 13.3. The predicted molar refractivity (Wildman–Crippen MR) is 68.5 cm³/mol. The number of aromatic nitrogens is 2. The number of hydrogen-bond acceptors (Lipinski definition) is 5. The van der Waals surface area contributed by atoms with E-state index < -0.39 is 11.5 Å². The number of carbonyl (C=O) groups is 1. The fourth-order valence-corrected chi connectivity index (χ4v) is 2.48. The number of nitrogens with zero attached hydrogens (tertiary/aromatic N) is 3. The standard InChI is InChI=1S/C13H21N3O3/c1-9(2)7-10-14-11(19-15-10)8-16-6-4-5-13(16,3)12(17)18/h9H,4-8H2,1-3H3,(H,17,18). The van der Waals surface area contributed by atoms with Crippen molar-refractivity contribution in [2.45, 2.75) is 52.1 Å². The molecule has 1 aliphatic heterocycles. The van der Waals surface area contributed by atoms with E-state index in [4.69, 9.17) is 4.52 Å². The molecule has 2 rings (SSSR count). The lowest BCUT2D eigenvalue weighted by Gasteiger charge is -2.29. The average Bonchev–Trinajstić information content (AvgIpc) is 2.88. The molecule has 0 radical (unpaired) electrons. The Kier molecular flexibility index (Phi) is 3.89. The van der Waals surface area contributed by atoms with Crippen LogP contribution in [0.5, 0.6) is 0 Å². The van der Waals surface area contributed by atoms with Crippen molar-refractivity contribution in [3.63, 3.8) is 0 Å². The lowest BCUT2D eigenvalue weighted by atomic mass is 9.99. The minimum absolute atomic E-state index is 0.411. The van der Waals surface area contributed by atoms with E-state index in [1.807, 2.05) is 4.90 Å². The topological polar surface area (TPSA) is 79.5 Å². The molecule has 0 spiro atoms. The van der Waals surface area contributed by atoms with Crippen LogP contribution in [-0.2, 0) is 17.8 Å². The fourth-order valence-electron chi connectivity index (χ4n) is 2.48. The molecule has 0 aromatic carbocycles. The van der Waals surface area contributed by atoms with Crippen LogP contribution in [-0.4, -0.2) is 38.2 Å². The summed E-state index contributed by atoms with van der Waals surface area (Å²) in [4.78, 5) is 17.6. The molecule has 6 nitrogen and oxygen atoms in total. The molecule has 0 aliphatic carbocycles. The number of likely N-dealkylation sites (tertiary alicyclic amines) is 1. The Labute approximate surface area is 112 Å². The Balaban J connectivity index is 2.04. The molecule has 19 heavy (non-hydrogen) atoms. The molecule has 1 aliphatic rings. The zero-order chi connectivity index (χ0) is 14.0. The van der Waals surface area contributed by atoms with Gasteiger partial charge in [0.05, 0.1) is 6.54 Å². The highest BCUT2D eigenvalue weighted by atomic mass is 16.5. The van der Waals surface area contributed by atoms with Crippen LogP contribution in [0.2, 0.25) is 0 Å². The van der Waals surface area contributed by atoms with Gasteiger partial charge in [-0.25, -0.2) is 0 Å².